The Hall–Kier alpha value is -1.08. The standard InChI is InChI=1S/C17H25N/c1-13-8-14(2)10-16(9-13)11-18-12-17-7-5-4-6-15(17)3/h4-8,13,16,18H,9-12H2,1-3H3. The fourth-order valence-corrected chi connectivity index (χ4v) is 3.06. The van der Waals surface area contributed by atoms with Gasteiger partial charge >= 0.3 is 0 Å². The summed E-state index contributed by atoms with van der Waals surface area (Å²) in [6, 6.07) is 8.64. The van der Waals surface area contributed by atoms with Crippen LogP contribution in [0.15, 0.2) is 35.9 Å². The average molecular weight is 243 g/mol. The predicted molar refractivity (Wildman–Crippen MR) is 78.5 cm³/mol. The summed E-state index contributed by atoms with van der Waals surface area (Å²) in [7, 11) is 0. The minimum atomic E-state index is 0.754. The maximum Gasteiger partial charge on any atom is 0.0208 e. The van der Waals surface area contributed by atoms with Crippen LogP contribution in [0.2, 0.25) is 0 Å². The molecule has 1 N–H and O–H groups in total. The monoisotopic (exact) mass is 243 g/mol. The molecule has 0 spiro atoms. The zero-order chi connectivity index (χ0) is 13.0. The predicted octanol–water partition coefficient (Wildman–Crippen LogP) is 4.08. The van der Waals surface area contributed by atoms with E-state index >= 15 is 0 Å². The fourth-order valence-electron chi connectivity index (χ4n) is 3.06. The van der Waals surface area contributed by atoms with Crippen molar-refractivity contribution in [2.45, 2.75) is 40.2 Å². The second-order valence-corrected chi connectivity index (χ2v) is 5.85. The number of allylic oxidation sites excluding steroid dienone is 2. The van der Waals surface area contributed by atoms with Gasteiger partial charge in [0.25, 0.3) is 0 Å². The molecule has 0 saturated heterocycles. The molecule has 0 saturated carbocycles. The molecule has 1 heteroatoms. The Morgan fingerprint density at radius 1 is 1.22 bits per heavy atom. The number of hydrogen-bond acceptors (Lipinski definition) is 1. The average Bonchev–Trinajstić information content (AvgIpc) is 2.30. The van der Waals surface area contributed by atoms with Crippen molar-refractivity contribution in [1.29, 1.82) is 0 Å². The summed E-state index contributed by atoms with van der Waals surface area (Å²) in [6.45, 7) is 8.93. The molecule has 1 aromatic carbocycles. The van der Waals surface area contributed by atoms with E-state index in [2.05, 4.69) is 56.4 Å². The lowest BCUT2D eigenvalue weighted by Gasteiger charge is -2.25. The lowest BCUT2D eigenvalue weighted by molar-refractivity contribution is 0.381. The van der Waals surface area contributed by atoms with E-state index in [0.29, 0.717) is 0 Å². The van der Waals surface area contributed by atoms with Crippen molar-refractivity contribution in [2.24, 2.45) is 11.8 Å². The highest BCUT2D eigenvalue weighted by Gasteiger charge is 2.17. The van der Waals surface area contributed by atoms with E-state index in [1.165, 1.54) is 24.0 Å². The first-order chi connectivity index (χ1) is 8.65. The molecule has 0 amide bonds. The van der Waals surface area contributed by atoms with E-state index in [9.17, 15) is 0 Å². The molecule has 0 aliphatic heterocycles. The molecular formula is C17H25N. The molecule has 0 fully saturated rings. The maximum atomic E-state index is 3.63. The van der Waals surface area contributed by atoms with Crippen LogP contribution in [0.3, 0.4) is 0 Å². The topological polar surface area (TPSA) is 12.0 Å². The quantitative estimate of drug-likeness (QED) is 0.786. The van der Waals surface area contributed by atoms with Crippen molar-refractivity contribution in [3.05, 3.63) is 47.0 Å². The number of benzene rings is 1. The minimum Gasteiger partial charge on any atom is -0.312 e. The van der Waals surface area contributed by atoms with Gasteiger partial charge in [0.1, 0.15) is 0 Å². The number of rotatable bonds is 4. The van der Waals surface area contributed by atoms with Crippen molar-refractivity contribution in [2.75, 3.05) is 6.54 Å². The van der Waals surface area contributed by atoms with Gasteiger partial charge in [-0.3, -0.25) is 0 Å². The van der Waals surface area contributed by atoms with Crippen LogP contribution in [0.4, 0.5) is 0 Å². The number of hydrogen-bond donors (Lipinski definition) is 1. The lowest BCUT2D eigenvalue weighted by Crippen LogP contribution is -2.26. The second kappa shape index (κ2) is 6.19. The number of aryl methyl sites for hydroxylation is 1. The van der Waals surface area contributed by atoms with Crippen LogP contribution < -0.4 is 5.32 Å². The minimum absolute atomic E-state index is 0.754. The van der Waals surface area contributed by atoms with E-state index < -0.39 is 0 Å². The number of nitrogens with one attached hydrogen (secondary N) is 1. The Morgan fingerprint density at radius 3 is 2.72 bits per heavy atom. The molecule has 2 atom stereocenters. The summed E-state index contributed by atoms with van der Waals surface area (Å²) >= 11 is 0. The summed E-state index contributed by atoms with van der Waals surface area (Å²) in [5.41, 5.74) is 4.38. The Labute approximate surface area is 111 Å². The van der Waals surface area contributed by atoms with Crippen molar-refractivity contribution < 1.29 is 0 Å². The van der Waals surface area contributed by atoms with E-state index in [1.54, 1.807) is 5.57 Å². The molecule has 1 aliphatic rings. The molecule has 1 aromatic rings. The van der Waals surface area contributed by atoms with E-state index in [0.717, 1.165) is 24.9 Å². The van der Waals surface area contributed by atoms with Crippen molar-refractivity contribution >= 4 is 0 Å². The van der Waals surface area contributed by atoms with E-state index in [4.69, 9.17) is 0 Å². The highest BCUT2D eigenvalue weighted by molar-refractivity contribution is 5.25. The first kappa shape index (κ1) is 13.4. The summed E-state index contributed by atoms with van der Waals surface area (Å²) in [4.78, 5) is 0. The molecule has 1 aliphatic carbocycles. The second-order valence-electron chi connectivity index (χ2n) is 5.85. The van der Waals surface area contributed by atoms with Crippen LogP contribution in [0.1, 0.15) is 37.8 Å². The highest BCUT2D eigenvalue weighted by atomic mass is 14.9. The summed E-state index contributed by atoms with van der Waals surface area (Å²) < 4.78 is 0. The Bertz CT molecular complexity index is 419. The summed E-state index contributed by atoms with van der Waals surface area (Å²) in [5.74, 6) is 1.57. The first-order valence-electron chi connectivity index (χ1n) is 7.07. The van der Waals surface area contributed by atoms with Crippen LogP contribution in [0.5, 0.6) is 0 Å². The normalized spacial score (nSPS) is 23.8. The van der Waals surface area contributed by atoms with Gasteiger partial charge in [-0.05, 0) is 56.2 Å². The van der Waals surface area contributed by atoms with Gasteiger partial charge in [-0.25, -0.2) is 0 Å². The molecule has 1 nitrogen and oxygen atoms in total. The third kappa shape index (κ3) is 3.71. The highest BCUT2D eigenvalue weighted by Crippen LogP contribution is 2.27. The zero-order valence-electron chi connectivity index (χ0n) is 11.9. The van der Waals surface area contributed by atoms with Gasteiger partial charge in [-0.1, -0.05) is 42.8 Å². The lowest BCUT2D eigenvalue weighted by atomic mass is 9.84. The van der Waals surface area contributed by atoms with Crippen LogP contribution in [0.25, 0.3) is 0 Å². The van der Waals surface area contributed by atoms with Crippen LogP contribution in [0, 0.1) is 18.8 Å². The third-order valence-electron chi connectivity index (χ3n) is 3.89. The Balaban J connectivity index is 1.80. The Morgan fingerprint density at radius 2 is 2.00 bits per heavy atom. The zero-order valence-corrected chi connectivity index (χ0v) is 11.9. The van der Waals surface area contributed by atoms with Gasteiger partial charge in [0, 0.05) is 6.54 Å². The first-order valence-corrected chi connectivity index (χ1v) is 7.07. The summed E-state index contributed by atoms with van der Waals surface area (Å²) in [5, 5.41) is 3.63. The fraction of sp³-hybridized carbons (Fsp3) is 0.529. The smallest absolute Gasteiger partial charge is 0.0208 e. The molecule has 0 bridgehead atoms. The molecular weight excluding hydrogens is 218 g/mol. The third-order valence-corrected chi connectivity index (χ3v) is 3.89. The Kier molecular flexibility index (Phi) is 4.60. The molecule has 2 rings (SSSR count). The summed E-state index contributed by atoms with van der Waals surface area (Å²) in [6.07, 6.45) is 5.03. The largest absolute Gasteiger partial charge is 0.312 e. The molecule has 98 valence electrons. The molecule has 18 heavy (non-hydrogen) atoms. The van der Waals surface area contributed by atoms with Crippen LogP contribution >= 0.6 is 0 Å². The van der Waals surface area contributed by atoms with E-state index in [-0.39, 0.29) is 0 Å². The van der Waals surface area contributed by atoms with Crippen molar-refractivity contribution in [3.63, 3.8) is 0 Å². The molecule has 0 radical (unpaired) electrons. The van der Waals surface area contributed by atoms with Crippen LogP contribution in [-0.4, -0.2) is 6.54 Å². The molecule has 2 unspecified atom stereocenters. The maximum absolute atomic E-state index is 3.63. The van der Waals surface area contributed by atoms with Gasteiger partial charge in [-0.2, -0.15) is 0 Å². The molecule has 0 aromatic heterocycles. The van der Waals surface area contributed by atoms with Gasteiger partial charge in [0.05, 0.1) is 0 Å². The SMILES string of the molecule is CC1=CC(C)CC(CNCc2ccccc2C)C1. The van der Waals surface area contributed by atoms with Crippen molar-refractivity contribution in [3.8, 4) is 0 Å². The molecule has 0 heterocycles. The van der Waals surface area contributed by atoms with Crippen molar-refractivity contribution in [1.82, 2.24) is 5.32 Å². The van der Waals surface area contributed by atoms with Crippen LogP contribution in [-0.2, 0) is 6.54 Å². The van der Waals surface area contributed by atoms with Gasteiger partial charge in [0.2, 0.25) is 0 Å². The van der Waals surface area contributed by atoms with Gasteiger partial charge in [0.15, 0.2) is 0 Å². The van der Waals surface area contributed by atoms with Gasteiger partial charge in [-0.15, -0.1) is 0 Å². The van der Waals surface area contributed by atoms with E-state index in [1.807, 2.05) is 0 Å². The van der Waals surface area contributed by atoms with Gasteiger partial charge < -0.3 is 5.32 Å².